The molecule has 1 N–H and O–H groups in total. The van der Waals surface area contributed by atoms with Crippen LogP contribution in [0.2, 0.25) is 0 Å². The Labute approximate surface area is 104 Å². The molecule has 1 fully saturated rings. The van der Waals surface area contributed by atoms with Gasteiger partial charge in [-0.15, -0.1) is 0 Å². The van der Waals surface area contributed by atoms with Crippen LogP contribution in [0.3, 0.4) is 0 Å². The van der Waals surface area contributed by atoms with Gasteiger partial charge >= 0.3 is 0 Å². The highest BCUT2D eigenvalue weighted by molar-refractivity contribution is 5.41. The fourth-order valence-corrected chi connectivity index (χ4v) is 2.14. The summed E-state index contributed by atoms with van der Waals surface area (Å²) in [4.78, 5) is 6.79. The molecule has 0 bridgehead atoms. The molecule has 1 aliphatic rings. The number of nitrogens with one attached hydrogen (secondary N) is 1. The molecule has 17 heavy (non-hydrogen) atoms. The van der Waals surface area contributed by atoms with Crippen molar-refractivity contribution in [2.45, 2.75) is 39.3 Å². The number of pyridine rings is 1. The molecule has 0 aliphatic heterocycles. The summed E-state index contributed by atoms with van der Waals surface area (Å²) in [5.41, 5.74) is 1.31. The van der Waals surface area contributed by atoms with Crippen LogP contribution >= 0.6 is 0 Å². The standard InChI is InChI=1S/C14H23N3/c1-4-15-10-12-7-8-16-14(9-12)17(3)11(2)13-5-6-13/h7-9,11,13,15H,4-6,10H2,1-3H3. The minimum atomic E-state index is 0.608. The third kappa shape index (κ3) is 3.19. The van der Waals surface area contributed by atoms with Gasteiger partial charge < -0.3 is 10.2 Å². The predicted molar refractivity (Wildman–Crippen MR) is 72.2 cm³/mol. The number of nitrogens with zero attached hydrogens (tertiary/aromatic N) is 2. The molecular weight excluding hydrogens is 210 g/mol. The van der Waals surface area contributed by atoms with E-state index in [0.717, 1.165) is 24.8 Å². The van der Waals surface area contributed by atoms with E-state index in [1.165, 1.54) is 18.4 Å². The molecule has 3 heteroatoms. The first-order valence-electron chi connectivity index (χ1n) is 6.61. The van der Waals surface area contributed by atoms with Crippen LogP contribution in [0.1, 0.15) is 32.3 Å². The molecule has 0 amide bonds. The summed E-state index contributed by atoms with van der Waals surface area (Å²) in [5, 5.41) is 3.35. The van der Waals surface area contributed by atoms with Gasteiger partial charge in [-0.05, 0) is 49.9 Å². The molecule has 0 saturated heterocycles. The second-order valence-electron chi connectivity index (χ2n) is 4.99. The average molecular weight is 233 g/mol. The third-order valence-electron chi connectivity index (χ3n) is 3.67. The normalized spacial score (nSPS) is 16.9. The van der Waals surface area contributed by atoms with Crippen molar-refractivity contribution in [3.05, 3.63) is 23.9 Å². The maximum Gasteiger partial charge on any atom is 0.128 e. The van der Waals surface area contributed by atoms with Gasteiger partial charge in [0.2, 0.25) is 0 Å². The lowest BCUT2D eigenvalue weighted by Gasteiger charge is -2.26. The van der Waals surface area contributed by atoms with E-state index in [-0.39, 0.29) is 0 Å². The molecule has 1 unspecified atom stereocenters. The molecule has 1 saturated carbocycles. The molecule has 1 aromatic rings. The molecule has 1 heterocycles. The second kappa shape index (κ2) is 5.50. The maximum atomic E-state index is 4.48. The summed E-state index contributed by atoms with van der Waals surface area (Å²) in [6, 6.07) is 4.89. The number of hydrogen-bond acceptors (Lipinski definition) is 3. The fourth-order valence-electron chi connectivity index (χ4n) is 2.14. The Morgan fingerprint density at radius 1 is 1.53 bits per heavy atom. The van der Waals surface area contributed by atoms with Crippen LogP contribution in [0, 0.1) is 5.92 Å². The molecule has 1 atom stereocenters. The Hall–Kier alpha value is -1.09. The predicted octanol–water partition coefficient (Wildman–Crippen LogP) is 2.43. The van der Waals surface area contributed by atoms with Gasteiger partial charge in [0.15, 0.2) is 0 Å². The number of rotatable bonds is 6. The van der Waals surface area contributed by atoms with E-state index in [2.05, 4.69) is 48.2 Å². The zero-order chi connectivity index (χ0) is 12.3. The van der Waals surface area contributed by atoms with E-state index in [1.54, 1.807) is 0 Å². The molecule has 0 aromatic carbocycles. The zero-order valence-electron chi connectivity index (χ0n) is 11.1. The molecule has 3 nitrogen and oxygen atoms in total. The van der Waals surface area contributed by atoms with Gasteiger partial charge in [0.1, 0.15) is 5.82 Å². The van der Waals surface area contributed by atoms with Gasteiger partial charge in [-0.25, -0.2) is 4.98 Å². The van der Waals surface area contributed by atoms with Gasteiger partial charge in [-0.2, -0.15) is 0 Å². The Kier molecular flexibility index (Phi) is 4.00. The molecule has 2 rings (SSSR count). The summed E-state index contributed by atoms with van der Waals surface area (Å²) in [6.45, 7) is 6.36. The second-order valence-corrected chi connectivity index (χ2v) is 4.99. The van der Waals surface area contributed by atoms with Crippen LogP contribution in [0.4, 0.5) is 5.82 Å². The molecule has 0 spiro atoms. The van der Waals surface area contributed by atoms with Crippen molar-refractivity contribution in [2.75, 3.05) is 18.5 Å². The first-order valence-corrected chi connectivity index (χ1v) is 6.61. The lowest BCUT2D eigenvalue weighted by atomic mass is 10.2. The highest BCUT2D eigenvalue weighted by atomic mass is 15.2. The monoisotopic (exact) mass is 233 g/mol. The molecule has 1 aromatic heterocycles. The largest absolute Gasteiger partial charge is 0.357 e. The Morgan fingerprint density at radius 2 is 2.29 bits per heavy atom. The third-order valence-corrected chi connectivity index (χ3v) is 3.67. The van der Waals surface area contributed by atoms with E-state index in [9.17, 15) is 0 Å². The first kappa shape index (κ1) is 12.4. The molecular formula is C14H23N3. The Balaban J connectivity index is 2.03. The summed E-state index contributed by atoms with van der Waals surface area (Å²) >= 11 is 0. The van der Waals surface area contributed by atoms with Crippen molar-refractivity contribution in [3.63, 3.8) is 0 Å². The van der Waals surface area contributed by atoms with E-state index < -0.39 is 0 Å². The Bertz CT molecular complexity index is 360. The van der Waals surface area contributed by atoms with E-state index in [1.807, 2.05) is 6.20 Å². The van der Waals surface area contributed by atoms with E-state index >= 15 is 0 Å². The zero-order valence-corrected chi connectivity index (χ0v) is 11.1. The van der Waals surface area contributed by atoms with Crippen molar-refractivity contribution in [1.82, 2.24) is 10.3 Å². The van der Waals surface area contributed by atoms with E-state index in [4.69, 9.17) is 0 Å². The average Bonchev–Trinajstić information content (AvgIpc) is 3.19. The minimum absolute atomic E-state index is 0.608. The minimum Gasteiger partial charge on any atom is -0.357 e. The van der Waals surface area contributed by atoms with Crippen LogP contribution in [0.15, 0.2) is 18.3 Å². The number of hydrogen-bond donors (Lipinski definition) is 1. The van der Waals surface area contributed by atoms with Crippen molar-refractivity contribution in [2.24, 2.45) is 5.92 Å². The molecule has 1 aliphatic carbocycles. The summed E-state index contributed by atoms with van der Waals surface area (Å²) in [5.74, 6) is 1.97. The van der Waals surface area contributed by atoms with Gasteiger partial charge in [-0.1, -0.05) is 6.92 Å². The Morgan fingerprint density at radius 3 is 2.94 bits per heavy atom. The summed E-state index contributed by atoms with van der Waals surface area (Å²) < 4.78 is 0. The van der Waals surface area contributed by atoms with Crippen LogP contribution in [-0.4, -0.2) is 24.6 Å². The molecule has 94 valence electrons. The quantitative estimate of drug-likeness (QED) is 0.818. The fraction of sp³-hybridized carbons (Fsp3) is 0.643. The maximum absolute atomic E-state index is 4.48. The lowest BCUT2D eigenvalue weighted by Crippen LogP contribution is -2.31. The SMILES string of the molecule is CCNCc1ccnc(N(C)C(C)C2CC2)c1. The van der Waals surface area contributed by atoms with Crippen LogP contribution in [0.5, 0.6) is 0 Å². The summed E-state index contributed by atoms with van der Waals surface area (Å²) in [7, 11) is 2.16. The molecule has 0 radical (unpaired) electrons. The van der Waals surface area contributed by atoms with Crippen molar-refractivity contribution in [3.8, 4) is 0 Å². The number of aromatic nitrogens is 1. The van der Waals surface area contributed by atoms with Gasteiger partial charge in [-0.3, -0.25) is 0 Å². The van der Waals surface area contributed by atoms with Crippen LogP contribution < -0.4 is 10.2 Å². The highest BCUT2D eigenvalue weighted by Crippen LogP contribution is 2.35. The van der Waals surface area contributed by atoms with Crippen LogP contribution in [0.25, 0.3) is 0 Å². The van der Waals surface area contributed by atoms with Gasteiger partial charge in [0.05, 0.1) is 0 Å². The van der Waals surface area contributed by atoms with Gasteiger partial charge in [0, 0.05) is 25.8 Å². The summed E-state index contributed by atoms with van der Waals surface area (Å²) in [6.07, 6.45) is 4.67. The van der Waals surface area contributed by atoms with Crippen LogP contribution in [-0.2, 0) is 6.54 Å². The topological polar surface area (TPSA) is 28.2 Å². The van der Waals surface area contributed by atoms with E-state index in [0.29, 0.717) is 6.04 Å². The van der Waals surface area contributed by atoms with Crippen molar-refractivity contribution < 1.29 is 0 Å². The number of anilines is 1. The lowest BCUT2D eigenvalue weighted by molar-refractivity contribution is 0.603. The first-order chi connectivity index (χ1) is 8.22. The van der Waals surface area contributed by atoms with Crippen molar-refractivity contribution in [1.29, 1.82) is 0 Å². The highest BCUT2D eigenvalue weighted by Gasteiger charge is 2.30. The van der Waals surface area contributed by atoms with Gasteiger partial charge in [0.25, 0.3) is 0 Å². The smallest absolute Gasteiger partial charge is 0.128 e. The van der Waals surface area contributed by atoms with Crippen molar-refractivity contribution >= 4 is 5.82 Å².